The number of nitrogens with one attached hydrogen (secondary N) is 5. The highest BCUT2D eigenvalue weighted by Crippen LogP contribution is 2.31. The first-order chi connectivity index (χ1) is 29.1. The summed E-state index contributed by atoms with van der Waals surface area (Å²) in [4.78, 5) is 41.6. The first-order valence-electron chi connectivity index (χ1n) is 22.3. The average Bonchev–Trinajstić information content (AvgIpc) is 3.72. The number of nitrogens with zero attached hydrogens (tertiary/aromatic N) is 2. The van der Waals surface area contributed by atoms with Crippen LogP contribution in [0, 0.1) is 0 Å². The number of carbonyl (C=O) groups excluding carboxylic acids is 2. The molecular formula is C46H71N7O5S. The molecule has 2 atom stereocenters. The van der Waals surface area contributed by atoms with E-state index in [9.17, 15) is 14.4 Å². The van der Waals surface area contributed by atoms with Crippen LogP contribution in [0.3, 0.4) is 0 Å². The van der Waals surface area contributed by atoms with E-state index in [4.69, 9.17) is 9.47 Å². The molecule has 2 heterocycles. The lowest BCUT2D eigenvalue weighted by atomic mass is 10.1. The van der Waals surface area contributed by atoms with Crippen molar-refractivity contribution in [2.24, 2.45) is 0 Å². The van der Waals surface area contributed by atoms with Gasteiger partial charge in [-0.2, -0.15) is 4.98 Å². The van der Waals surface area contributed by atoms with Gasteiger partial charge in [0.1, 0.15) is 24.1 Å². The molecule has 13 heteroatoms. The normalized spacial score (nSPS) is 15.1. The van der Waals surface area contributed by atoms with Gasteiger partial charge in [0, 0.05) is 37.9 Å². The summed E-state index contributed by atoms with van der Waals surface area (Å²) in [6.07, 6.45) is 17.2. The number of hydrogen-bond donors (Lipinski definition) is 5. The minimum absolute atomic E-state index is 0.144. The van der Waals surface area contributed by atoms with Gasteiger partial charge in [-0.15, -0.1) is 11.8 Å². The average molecular weight is 834 g/mol. The lowest BCUT2D eigenvalue weighted by Crippen LogP contribution is -2.29. The number of thioether (sulfide) groups is 1. The predicted molar refractivity (Wildman–Crippen MR) is 240 cm³/mol. The molecule has 0 aliphatic carbocycles. The summed E-state index contributed by atoms with van der Waals surface area (Å²) in [6, 6.07) is 22.6. The first kappa shape index (κ1) is 48.1. The van der Waals surface area contributed by atoms with Gasteiger partial charge in [-0.25, -0.2) is 4.79 Å². The summed E-state index contributed by atoms with van der Waals surface area (Å²) >= 11 is 1.50. The zero-order valence-electron chi connectivity index (χ0n) is 35.3. The van der Waals surface area contributed by atoms with E-state index in [0.29, 0.717) is 18.6 Å². The summed E-state index contributed by atoms with van der Waals surface area (Å²) in [7, 11) is 0. The Balaban J connectivity index is 0.907. The number of esters is 1. The number of amides is 1. The topological polar surface area (TPSA) is 148 Å². The van der Waals surface area contributed by atoms with E-state index in [1.807, 2.05) is 12.1 Å². The quantitative estimate of drug-likeness (QED) is 0.0305. The largest absolute Gasteiger partial charge is 0.462 e. The third-order valence-corrected chi connectivity index (χ3v) is 11.4. The van der Waals surface area contributed by atoms with Crippen LogP contribution in [-0.2, 0) is 32.2 Å². The van der Waals surface area contributed by atoms with Gasteiger partial charge in [-0.1, -0.05) is 99.2 Å². The predicted octanol–water partition coefficient (Wildman–Crippen LogP) is 7.31. The second kappa shape index (κ2) is 31.3. The Morgan fingerprint density at radius 2 is 1.14 bits per heavy atom. The van der Waals surface area contributed by atoms with Crippen molar-refractivity contribution in [1.82, 2.24) is 30.8 Å². The van der Waals surface area contributed by atoms with Gasteiger partial charge in [0.15, 0.2) is 0 Å². The monoisotopic (exact) mass is 834 g/mol. The number of benzene rings is 2. The number of unbranched alkanes of at least 4 members (excludes halogenated alkanes) is 10. The Morgan fingerprint density at radius 3 is 1.66 bits per heavy atom. The SMILES string of the molecule is O=C(CCCCCNCCCCCCNCc1ccccc1)Nc1ccn(C2CSC(COC(=O)CCCCCNCCCCCCNCc3ccccc3)O2)c(=O)n1. The molecule has 59 heavy (non-hydrogen) atoms. The molecule has 0 bridgehead atoms. The number of anilines is 1. The molecule has 1 saturated heterocycles. The minimum atomic E-state index is -0.510. The summed E-state index contributed by atoms with van der Waals surface area (Å²) in [5.41, 5.74) is 1.83. The molecule has 4 rings (SSSR count). The zero-order chi connectivity index (χ0) is 41.4. The van der Waals surface area contributed by atoms with Gasteiger partial charge >= 0.3 is 11.7 Å². The van der Waals surface area contributed by atoms with Gasteiger partial charge in [-0.05, 0) is 108 Å². The smallest absolute Gasteiger partial charge is 0.351 e. The molecule has 12 nitrogen and oxygen atoms in total. The molecule has 0 spiro atoms. The molecule has 326 valence electrons. The van der Waals surface area contributed by atoms with Crippen molar-refractivity contribution >= 4 is 29.5 Å². The fourth-order valence-electron chi connectivity index (χ4n) is 6.84. The number of rotatable bonds is 34. The Bertz CT molecular complexity index is 1600. The lowest BCUT2D eigenvalue weighted by molar-refractivity contribution is -0.147. The van der Waals surface area contributed by atoms with Gasteiger partial charge in [0.2, 0.25) is 5.91 Å². The summed E-state index contributed by atoms with van der Waals surface area (Å²) < 4.78 is 12.9. The van der Waals surface area contributed by atoms with Crippen LogP contribution < -0.4 is 32.3 Å². The van der Waals surface area contributed by atoms with Crippen LogP contribution in [0.5, 0.6) is 0 Å². The molecule has 1 aromatic heterocycles. The van der Waals surface area contributed by atoms with Crippen LogP contribution in [0.2, 0.25) is 0 Å². The number of aromatic nitrogens is 2. The molecule has 1 amide bonds. The van der Waals surface area contributed by atoms with Crippen LogP contribution in [0.4, 0.5) is 5.82 Å². The van der Waals surface area contributed by atoms with Crippen LogP contribution >= 0.6 is 11.8 Å². The van der Waals surface area contributed by atoms with Crippen molar-refractivity contribution in [3.05, 3.63) is 94.5 Å². The lowest BCUT2D eigenvalue weighted by Gasteiger charge is -2.15. The van der Waals surface area contributed by atoms with Crippen LogP contribution in [-0.4, -0.2) is 78.5 Å². The Kier molecular flexibility index (Phi) is 25.5. The molecular weight excluding hydrogens is 763 g/mol. The van der Waals surface area contributed by atoms with E-state index in [1.165, 1.54) is 78.8 Å². The van der Waals surface area contributed by atoms with E-state index in [1.54, 1.807) is 12.3 Å². The van der Waals surface area contributed by atoms with Crippen molar-refractivity contribution in [2.45, 2.75) is 127 Å². The van der Waals surface area contributed by atoms with E-state index in [0.717, 1.165) is 90.9 Å². The Hall–Kier alpha value is -3.59. The van der Waals surface area contributed by atoms with Crippen LogP contribution in [0.25, 0.3) is 0 Å². The van der Waals surface area contributed by atoms with E-state index < -0.39 is 11.9 Å². The van der Waals surface area contributed by atoms with E-state index in [-0.39, 0.29) is 29.7 Å². The van der Waals surface area contributed by atoms with Crippen molar-refractivity contribution in [2.75, 3.05) is 56.9 Å². The fourth-order valence-corrected chi connectivity index (χ4v) is 7.83. The molecule has 5 N–H and O–H groups in total. The summed E-state index contributed by atoms with van der Waals surface area (Å²) in [6.45, 7) is 8.13. The fraction of sp³-hybridized carbons (Fsp3) is 0.609. The molecule has 0 radical (unpaired) electrons. The van der Waals surface area contributed by atoms with Gasteiger partial charge in [0.25, 0.3) is 0 Å². The highest BCUT2D eigenvalue weighted by molar-refractivity contribution is 8.00. The van der Waals surface area contributed by atoms with Gasteiger partial charge in [0.05, 0.1) is 0 Å². The molecule has 0 saturated carbocycles. The van der Waals surface area contributed by atoms with E-state index in [2.05, 4.69) is 80.1 Å². The number of carbonyl (C=O) groups is 2. The molecule has 2 unspecified atom stereocenters. The van der Waals surface area contributed by atoms with Crippen LogP contribution in [0.1, 0.15) is 120 Å². The minimum Gasteiger partial charge on any atom is -0.462 e. The number of hydrogen-bond acceptors (Lipinski definition) is 11. The molecule has 1 aliphatic heterocycles. The van der Waals surface area contributed by atoms with Crippen molar-refractivity contribution < 1.29 is 19.1 Å². The van der Waals surface area contributed by atoms with Gasteiger partial charge < -0.3 is 36.1 Å². The third kappa shape index (κ3) is 22.6. The maximum absolute atomic E-state index is 12.8. The Labute approximate surface area is 357 Å². The summed E-state index contributed by atoms with van der Waals surface area (Å²) in [5.74, 6) is 0.412. The van der Waals surface area contributed by atoms with E-state index >= 15 is 0 Å². The summed E-state index contributed by atoms with van der Waals surface area (Å²) in [5, 5.41) is 16.8. The molecule has 2 aromatic carbocycles. The number of ether oxygens (including phenoxy) is 2. The third-order valence-electron chi connectivity index (χ3n) is 10.3. The maximum atomic E-state index is 12.8. The zero-order valence-corrected chi connectivity index (χ0v) is 36.1. The molecule has 3 aromatic rings. The van der Waals surface area contributed by atoms with Crippen molar-refractivity contribution in [1.29, 1.82) is 0 Å². The van der Waals surface area contributed by atoms with Crippen molar-refractivity contribution in [3.8, 4) is 0 Å². The second-order valence-electron chi connectivity index (χ2n) is 15.4. The highest BCUT2D eigenvalue weighted by atomic mass is 32.2. The standard InChI is InChI=1S/C46H71N7O5S/c54-42(25-13-7-19-30-47-28-15-1-3-17-32-49-35-39-21-9-5-10-22-39)51-41-27-34-53(46(56)52-41)43-38-59-45(58-43)37-57-44(55)26-14-8-20-31-48-29-16-2-4-18-33-50-36-40-23-11-6-12-24-40/h5-6,9-12,21-24,27,34,43,45,47-50H,1-4,7-8,13-20,25-26,28-33,35-38H2,(H,51,52,54,56). The molecule has 1 aliphatic rings. The first-order valence-corrected chi connectivity index (χ1v) is 23.3. The highest BCUT2D eigenvalue weighted by Gasteiger charge is 2.29. The second-order valence-corrected chi connectivity index (χ2v) is 16.6. The Morgan fingerprint density at radius 1 is 0.644 bits per heavy atom. The maximum Gasteiger partial charge on any atom is 0.351 e. The van der Waals surface area contributed by atoms with Crippen LogP contribution in [0.15, 0.2) is 77.7 Å². The van der Waals surface area contributed by atoms with Crippen molar-refractivity contribution in [3.63, 3.8) is 0 Å². The molecule has 1 fully saturated rings. The van der Waals surface area contributed by atoms with Gasteiger partial charge in [-0.3, -0.25) is 14.2 Å².